The van der Waals surface area contributed by atoms with Crippen molar-refractivity contribution in [2.75, 3.05) is 7.11 Å². The zero-order valence-electron chi connectivity index (χ0n) is 9.28. The first kappa shape index (κ1) is 12.5. The molecule has 1 fully saturated rings. The van der Waals surface area contributed by atoms with E-state index in [2.05, 4.69) is 4.74 Å². The molecular weight excluding hydrogens is 263 g/mol. The first-order valence-electron chi connectivity index (χ1n) is 5.29. The quantitative estimate of drug-likeness (QED) is 0.794. The van der Waals surface area contributed by atoms with Gasteiger partial charge < -0.3 is 9.47 Å². The van der Waals surface area contributed by atoms with Crippen molar-refractivity contribution in [3.63, 3.8) is 0 Å². The lowest BCUT2D eigenvalue weighted by Gasteiger charge is -2.33. The number of carbonyl (C=O) groups excluding carboxylic acids is 1. The Morgan fingerprint density at radius 1 is 1.35 bits per heavy atom. The maximum Gasteiger partial charge on any atom is 0.308 e. The van der Waals surface area contributed by atoms with Crippen LogP contribution in [0.3, 0.4) is 0 Å². The Morgan fingerprint density at radius 2 is 2.06 bits per heavy atom. The summed E-state index contributed by atoms with van der Waals surface area (Å²) in [7, 11) is 1.39. The standard InChI is InChI=1S/C12H12Cl2O3/c1-16-12(15)7-4-9(5-7)17-11-6-8(13)2-3-10(11)14/h2-3,6-7,9H,4-5H2,1H3. The molecule has 1 aliphatic rings. The minimum absolute atomic E-state index is 0.00932. The van der Waals surface area contributed by atoms with Crippen molar-refractivity contribution in [3.05, 3.63) is 28.2 Å². The molecule has 0 atom stereocenters. The molecule has 2 rings (SSSR count). The Morgan fingerprint density at radius 3 is 2.71 bits per heavy atom. The van der Waals surface area contributed by atoms with Gasteiger partial charge in [-0.15, -0.1) is 0 Å². The van der Waals surface area contributed by atoms with E-state index in [1.165, 1.54) is 7.11 Å². The van der Waals surface area contributed by atoms with Crippen LogP contribution in [0, 0.1) is 5.92 Å². The Balaban J connectivity index is 1.91. The number of hydrogen-bond acceptors (Lipinski definition) is 3. The van der Waals surface area contributed by atoms with Crippen molar-refractivity contribution in [1.29, 1.82) is 0 Å². The van der Waals surface area contributed by atoms with Gasteiger partial charge in [-0.1, -0.05) is 23.2 Å². The van der Waals surface area contributed by atoms with Crippen LogP contribution >= 0.6 is 23.2 Å². The van der Waals surface area contributed by atoms with Crippen LogP contribution in [-0.4, -0.2) is 19.2 Å². The van der Waals surface area contributed by atoms with E-state index < -0.39 is 0 Å². The molecule has 0 spiro atoms. The zero-order valence-corrected chi connectivity index (χ0v) is 10.8. The Hall–Kier alpha value is -0.930. The third kappa shape index (κ3) is 2.85. The molecule has 0 amide bonds. The highest BCUT2D eigenvalue weighted by Gasteiger charge is 2.37. The van der Waals surface area contributed by atoms with Crippen molar-refractivity contribution in [2.45, 2.75) is 18.9 Å². The van der Waals surface area contributed by atoms with Gasteiger partial charge in [-0.3, -0.25) is 4.79 Å². The number of carbonyl (C=O) groups is 1. The van der Waals surface area contributed by atoms with Crippen LogP contribution in [0.5, 0.6) is 5.75 Å². The molecule has 92 valence electrons. The van der Waals surface area contributed by atoms with Gasteiger partial charge in [0.1, 0.15) is 11.9 Å². The molecule has 1 aromatic rings. The molecule has 1 saturated carbocycles. The lowest BCUT2D eigenvalue weighted by atomic mass is 9.82. The fourth-order valence-corrected chi connectivity index (χ4v) is 2.09. The van der Waals surface area contributed by atoms with E-state index in [0.717, 1.165) is 0 Å². The molecule has 0 aromatic heterocycles. The lowest BCUT2D eigenvalue weighted by molar-refractivity contribution is -0.151. The Bertz CT molecular complexity index is 428. The van der Waals surface area contributed by atoms with Gasteiger partial charge in [0.05, 0.1) is 18.1 Å². The summed E-state index contributed by atoms with van der Waals surface area (Å²) >= 11 is 11.8. The average Bonchev–Trinajstić information content (AvgIpc) is 2.26. The maximum absolute atomic E-state index is 11.2. The molecule has 0 radical (unpaired) electrons. The fraction of sp³-hybridized carbons (Fsp3) is 0.417. The average molecular weight is 275 g/mol. The molecule has 0 bridgehead atoms. The molecule has 0 heterocycles. The number of benzene rings is 1. The van der Waals surface area contributed by atoms with Crippen molar-refractivity contribution < 1.29 is 14.3 Å². The van der Waals surface area contributed by atoms with Crippen LogP contribution in [0.1, 0.15) is 12.8 Å². The first-order valence-corrected chi connectivity index (χ1v) is 6.05. The predicted molar refractivity (Wildman–Crippen MR) is 65.6 cm³/mol. The summed E-state index contributed by atoms with van der Waals surface area (Å²) in [4.78, 5) is 11.2. The Kier molecular flexibility index (Phi) is 3.79. The molecule has 5 heteroatoms. The van der Waals surface area contributed by atoms with Gasteiger partial charge in [-0.2, -0.15) is 0 Å². The van der Waals surface area contributed by atoms with Crippen LogP contribution in [0.15, 0.2) is 18.2 Å². The van der Waals surface area contributed by atoms with Crippen LogP contribution in [0.2, 0.25) is 10.0 Å². The maximum atomic E-state index is 11.2. The van der Waals surface area contributed by atoms with Crippen molar-refractivity contribution in [3.8, 4) is 5.75 Å². The summed E-state index contributed by atoms with van der Waals surface area (Å²) in [5.74, 6) is 0.331. The van der Waals surface area contributed by atoms with Crippen LogP contribution < -0.4 is 4.74 Å². The molecule has 0 saturated heterocycles. The zero-order chi connectivity index (χ0) is 12.4. The molecular formula is C12H12Cl2O3. The van der Waals surface area contributed by atoms with Gasteiger partial charge in [-0.05, 0) is 25.0 Å². The molecule has 1 aromatic carbocycles. The molecule has 17 heavy (non-hydrogen) atoms. The summed E-state index contributed by atoms with van der Waals surface area (Å²) in [6.07, 6.45) is 1.33. The topological polar surface area (TPSA) is 35.5 Å². The number of ether oxygens (including phenoxy) is 2. The summed E-state index contributed by atoms with van der Waals surface area (Å²) in [5, 5.41) is 1.10. The monoisotopic (exact) mass is 274 g/mol. The van der Waals surface area contributed by atoms with E-state index in [1.807, 2.05) is 0 Å². The van der Waals surface area contributed by atoms with Gasteiger partial charge >= 0.3 is 5.97 Å². The van der Waals surface area contributed by atoms with E-state index in [1.54, 1.807) is 18.2 Å². The number of halogens is 2. The number of rotatable bonds is 3. The van der Waals surface area contributed by atoms with Crippen molar-refractivity contribution in [2.24, 2.45) is 5.92 Å². The normalized spacial score (nSPS) is 22.8. The number of hydrogen-bond donors (Lipinski definition) is 0. The van der Waals surface area contributed by atoms with Gasteiger partial charge in [0.15, 0.2) is 0 Å². The smallest absolute Gasteiger partial charge is 0.308 e. The van der Waals surface area contributed by atoms with E-state index >= 15 is 0 Å². The number of methoxy groups -OCH3 is 1. The summed E-state index contributed by atoms with van der Waals surface area (Å²) in [5.41, 5.74) is 0. The highest BCUT2D eigenvalue weighted by atomic mass is 35.5. The first-order chi connectivity index (χ1) is 8.10. The fourth-order valence-electron chi connectivity index (χ4n) is 1.77. The molecule has 0 aliphatic heterocycles. The third-order valence-electron chi connectivity index (χ3n) is 2.82. The van der Waals surface area contributed by atoms with E-state index in [9.17, 15) is 4.79 Å². The lowest BCUT2D eigenvalue weighted by Crippen LogP contribution is -2.38. The second-order valence-corrected chi connectivity index (χ2v) is 4.85. The van der Waals surface area contributed by atoms with Crippen molar-refractivity contribution >= 4 is 29.2 Å². The second kappa shape index (κ2) is 5.15. The highest BCUT2D eigenvalue weighted by molar-refractivity contribution is 6.34. The SMILES string of the molecule is COC(=O)C1CC(Oc2cc(Cl)ccc2Cl)C1. The Labute approximate surface area is 110 Å². The minimum Gasteiger partial charge on any atom is -0.489 e. The van der Waals surface area contributed by atoms with Crippen LogP contribution in [0.4, 0.5) is 0 Å². The molecule has 1 aliphatic carbocycles. The van der Waals surface area contributed by atoms with Gasteiger partial charge in [0.25, 0.3) is 0 Å². The van der Waals surface area contributed by atoms with Crippen molar-refractivity contribution in [1.82, 2.24) is 0 Å². The van der Waals surface area contributed by atoms with Gasteiger partial charge in [0, 0.05) is 11.1 Å². The van der Waals surface area contributed by atoms with Gasteiger partial charge in [-0.25, -0.2) is 0 Å². The molecule has 0 unspecified atom stereocenters. The summed E-state index contributed by atoms with van der Waals surface area (Å²) < 4.78 is 10.3. The van der Waals surface area contributed by atoms with E-state index in [-0.39, 0.29) is 18.0 Å². The minimum atomic E-state index is -0.179. The van der Waals surface area contributed by atoms with Gasteiger partial charge in [0.2, 0.25) is 0 Å². The molecule has 3 nitrogen and oxygen atoms in total. The van der Waals surface area contributed by atoms with Crippen LogP contribution in [-0.2, 0) is 9.53 Å². The summed E-state index contributed by atoms with van der Waals surface area (Å²) in [6.45, 7) is 0. The second-order valence-electron chi connectivity index (χ2n) is 4.01. The highest BCUT2D eigenvalue weighted by Crippen LogP contribution is 2.35. The summed E-state index contributed by atoms with van der Waals surface area (Å²) in [6, 6.07) is 5.07. The molecule has 0 N–H and O–H groups in total. The third-order valence-corrected chi connectivity index (χ3v) is 3.36. The van der Waals surface area contributed by atoms with E-state index in [0.29, 0.717) is 28.6 Å². The van der Waals surface area contributed by atoms with E-state index in [4.69, 9.17) is 27.9 Å². The predicted octanol–water partition coefficient (Wildman–Crippen LogP) is 3.32. The number of esters is 1. The van der Waals surface area contributed by atoms with Crippen LogP contribution in [0.25, 0.3) is 0 Å². The largest absolute Gasteiger partial charge is 0.489 e.